The second-order valence-electron chi connectivity index (χ2n) is 5.05. The number of halogens is 1. The predicted molar refractivity (Wildman–Crippen MR) is 97.2 cm³/mol. The lowest BCUT2D eigenvalue weighted by Crippen LogP contribution is -2.44. The minimum Gasteiger partial charge on any atom is -0.329 e. The fourth-order valence-electron chi connectivity index (χ4n) is 2.09. The molecule has 25 heavy (non-hydrogen) atoms. The number of benzene rings is 2. The smallest absolute Gasteiger partial charge is 0.287 e. The lowest BCUT2D eigenvalue weighted by Gasteiger charge is -2.11. The Morgan fingerprint density at radius 1 is 1.04 bits per heavy atom. The van der Waals surface area contributed by atoms with Gasteiger partial charge in [0.2, 0.25) is 0 Å². The van der Waals surface area contributed by atoms with Crippen molar-refractivity contribution in [3.8, 4) is 11.3 Å². The normalized spacial score (nSPS) is 10.1. The molecule has 0 saturated carbocycles. The average Bonchev–Trinajstić information content (AvgIpc) is 3.13. The van der Waals surface area contributed by atoms with Crippen LogP contribution in [0.15, 0.2) is 60.7 Å². The number of hydrazine groups is 1. The van der Waals surface area contributed by atoms with Crippen LogP contribution in [0.2, 0.25) is 0 Å². The van der Waals surface area contributed by atoms with Gasteiger partial charge in [-0.3, -0.25) is 20.7 Å². The molecule has 1 heterocycles. The fraction of sp³-hybridized carbons (Fsp3) is 0. The SMILES string of the molecule is O=C(NNC(=S)Nc1ccccc1F)c1cc(-c2ccccc2)n[nH]1. The maximum atomic E-state index is 13.5. The molecule has 0 fully saturated rings. The molecule has 8 heteroatoms. The third-order valence-electron chi connectivity index (χ3n) is 3.30. The molecule has 1 amide bonds. The number of H-pyrrole nitrogens is 1. The standard InChI is InChI=1S/C17H14FN5OS/c18-12-8-4-5-9-13(12)19-17(25)23-22-16(24)15-10-14(20-21-15)11-6-2-1-3-7-11/h1-10H,(H,20,21)(H,22,24)(H2,19,23,25). The average molecular weight is 355 g/mol. The zero-order valence-corrected chi connectivity index (χ0v) is 13.7. The highest BCUT2D eigenvalue weighted by Crippen LogP contribution is 2.16. The molecule has 3 rings (SSSR count). The Hall–Kier alpha value is -3.26. The summed E-state index contributed by atoms with van der Waals surface area (Å²) >= 11 is 5.02. The largest absolute Gasteiger partial charge is 0.329 e. The summed E-state index contributed by atoms with van der Waals surface area (Å²) in [6.45, 7) is 0. The summed E-state index contributed by atoms with van der Waals surface area (Å²) in [7, 11) is 0. The first kappa shape index (κ1) is 16.6. The van der Waals surface area contributed by atoms with E-state index >= 15 is 0 Å². The van der Waals surface area contributed by atoms with Crippen LogP contribution in [-0.2, 0) is 0 Å². The first-order valence-corrected chi connectivity index (χ1v) is 7.77. The van der Waals surface area contributed by atoms with E-state index < -0.39 is 11.7 Å². The summed E-state index contributed by atoms with van der Waals surface area (Å²) in [6, 6.07) is 17.2. The molecule has 1 aromatic heterocycles. The molecule has 0 spiro atoms. The molecular formula is C17H14FN5OS. The quantitative estimate of drug-likeness (QED) is 0.429. The van der Waals surface area contributed by atoms with Gasteiger partial charge in [-0.2, -0.15) is 5.10 Å². The highest BCUT2D eigenvalue weighted by Gasteiger charge is 2.11. The van der Waals surface area contributed by atoms with Gasteiger partial charge in [0.05, 0.1) is 11.4 Å². The van der Waals surface area contributed by atoms with Crippen molar-refractivity contribution >= 4 is 28.9 Å². The molecule has 0 bridgehead atoms. The van der Waals surface area contributed by atoms with Crippen molar-refractivity contribution < 1.29 is 9.18 Å². The Kier molecular flexibility index (Phi) is 5.00. The molecule has 6 nitrogen and oxygen atoms in total. The van der Waals surface area contributed by atoms with Gasteiger partial charge in [-0.25, -0.2) is 4.39 Å². The summed E-state index contributed by atoms with van der Waals surface area (Å²) in [5, 5.41) is 9.47. The maximum Gasteiger partial charge on any atom is 0.287 e. The number of aromatic amines is 1. The van der Waals surface area contributed by atoms with Gasteiger partial charge in [-0.15, -0.1) is 0 Å². The number of para-hydroxylation sites is 1. The van der Waals surface area contributed by atoms with Gasteiger partial charge in [-0.05, 0) is 30.4 Å². The van der Waals surface area contributed by atoms with Crippen molar-refractivity contribution in [2.75, 3.05) is 5.32 Å². The lowest BCUT2D eigenvalue weighted by molar-refractivity contribution is 0.0939. The van der Waals surface area contributed by atoms with Crippen LogP contribution in [0.1, 0.15) is 10.5 Å². The number of nitrogens with one attached hydrogen (secondary N) is 4. The van der Waals surface area contributed by atoms with Crippen LogP contribution in [0.5, 0.6) is 0 Å². The number of nitrogens with zero attached hydrogens (tertiary/aromatic N) is 1. The number of anilines is 1. The monoisotopic (exact) mass is 355 g/mol. The number of rotatable bonds is 3. The molecular weight excluding hydrogens is 341 g/mol. The van der Waals surface area contributed by atoms with Gasteiger partial charge in [0.15, 0.2) is 5.11 Å². The van der Waals surface area contributed by atoms with Gasteiger partial charge in [0, 0.05) is 5.56 Å². The number of hydrogen-bond acceptors (Lipinski definition) is 3. The Bertz CT molecular complexity index is 897. The molecule has 0 aliphatic heterocycles. The molecule has 0 unspecified atom stereocenters. The third kappa shape index (κ3) is 4.18. The minimum absolute atomic E-state index is 0.0567. The van der Waals surface area contributed by atoms with Crippen LogP contribution in [0.4, 0.5) is 10.1 Å². The van der Waals surface area contributed by atoms with Crippen molar-refractivity contribution in [3.05, 3.63) is 72.2 Å². The molecule has 0 radical (unpaired) electrons. The number of hydrogen-bond donors (Lipinski definition) is 4. The van der Waals surface area contributed by atoms with E-state index in [0.717, 1.165) is 5.56 Å². The summed E-state index contributed by atoms with van der Waals surface area (Å²) in [6.07, 6.45) is 0. The molecule has 4 N–H and O–H groups in total. The van der Waals surface area contributed by atoms with Crippen LogP contribution in [0.25, 0.3) is 11.3 Å². The highest BCUT2D eigenvalue weighted by atomic mass is 32.1. The van der Waals surface area contributed by atoms with Crippen molar-refractivity contribution in [2.24, 2.45) is 0 Å². The zero-order chi connectivity index (χ0) is 17.6. The van der Waals surface area contributed by atoms with Crippen molar-refractivity contribution in [3.63, 3.8) is 0 Å². The van der Waals surface area contributed by atoms with Gasteiger partial charge in [-0.1, -0.05) is 42.5 Å². The summed E-state index contributed by atoms with van der Waals surface area (Å²) in [5.41, 5.74) is 6.95. The molecule has 126 valence electrons. The summed E-state index contributed by atoms with van der Waals surface area (Å²) in [5.74, 6) is -0.897. The van der Waals surface area contributed by atoms with Crippen LogP contribution < -0.4 is 16.2 Å². The molecule has 0 aliphatic carbocycles. The fourth-order valence-corrected chi connectivity index (χ4v) is 2.25. The van der Waals surface area contributed by atoms with E-state index in [0.29, 0.717) is 5.69 Å². The zero-order valence-electron chi connectivity index (χ0n) is 12.9. The van der Waals surface area contributed by atoms with E-state index in [1.807, 2.05) is 30.3 Å². The summed E-state index contributed by atoms with van der Waals surface area (Å²) in [4.78, 5) is 12.1. The molecule has 0 saturated heterocycles. The Labute approximate surface area is 148 Å². The van der Waals surface area contributed by atoms with Crippen LogP contribution in [-0.4, -0.2) is 21.2 Å². The summed E-state index contributed by atoms with van der Waals surface area (Å²) < 4.78 is 13.5. The molecule has 0 aliphatic rings. The van der Waals surface area contributed by atoms with E-state index in [1.54, 1.807) is 18.2 Å². The Morgan fingerprint density at radius 2 is 1.76 bits per heavy atom. The van der Waals surface area contributed by atoms with Gasteiger partial charge in [0.25, 0.3) is 5.91 Å². The molecule has 0 atom stereocenters. The number of thiocarbonyl (C=S) groups is 1. The lowest BCUT2D eigenvalue weighted by atomic mass is 10.1. The van der Waals surface area contributed by atoms with E-state index in [4.69, 9.17) is 12.2 Å². The van der Waals surface area contributed by atoms with Gasteiger partial charge < -0.3 is 5.32 Å². The number of carbonyl (C=O) groups is 1. The van der Waals surface area contributed by atoms with E-state index in [-0.39, 0.29) is 16.5 Å². The topological polar surface area (TPSA) is 81.8 Å². The van der Waals surface area contributed by atoms with E-state index in [2.05, 4.69) is 26.4 Å². The van der Waals surface area contributed by atoms with Crippen molar-refractivity contribution in [1.29, 1.82) is 0 Å². The second-order valence-corrected chi connectivity index (χ2v) is 5.45. The molecule has 3 aromatic rings. The third-order valence-corrected chi connectivity index (χ3v) is 3.51. The number of carbonyl (C=O) groups excluding carboxylic acids is 1. The number of aromatic nitrogens is 2. The first-order chi connectivity index (χ1) is 12.1. The van der Waals surface area contributed by atoms with Gasteiger partial charge >= 0.3 is 0 Å². The highest BCUT2D eigenvalue weighted by molar-refractivity contribution is 7.80. The van der Waals surface area contributed by atoms with E-state index in [9.17, 15) is 9.18 Å². The van der Waals surface area contributed by atoms with Crippen LogP contribution in [0, 0.1) is 5.82 Å². The van der Waals surface area contributed by atoms with Crippen molar-refractivity contribution in [2.45, 2.75) is 0 Å². The Balaban J connectivity index is 1.57. The second kappa shape index (κ2) is 7.54. The first-order valence-electron chi connectivity index (χ1n) is 7.36. The van der Waals surface area contributed by atoms with Crippen LogP contribution >= 0.6 is 12.2 Å². The van der Waals surface area contributed by atoms with Crippen LogP contribution in [0.3, 0.4) is 0 Å². The number of amides is 1. The maximum absolute atomic E-state index is 13.5. The minimum atomic E-state index is -0.452. The van der Waals surface area contributed by atoms with Gasteiger partial charge in [0.1, 0.15) is 11.5 Å². The van der Waals surface area contributed by atoms with E-state index in [1.165, 1.54) is 12.1 Å². The Morgan fingerprint density at radius 3 is 2.52 bits per heavy atom. The predicted octanol–water partition coefficient (Wildman–Crippen LogP) is 2.85. The van der Waals surface area contributed by atoms with Crippen molar-refractivity contribution in [1.82, 2.24) is 21.0 Å². The molecule has 2 aromatic carbocycles.